The highest BCUT2D eigenvalue weighted by molar-refractivity contribution is 5.98. The molecule has 1 heterocycles. The van der Waals surface area contributed by atoms with E-state index in [0.29, 0.717) is 12.2 Å². The predicted molar refractivity (Wildman–Crippen MR) is 74.3 cm³/mol. The number of hydrogen-bond acceptors (Lipinski definition) is 3. The van der Waals surface area contributed by atoms with Crippen LogP contribution in [0.1, 0.15) is 18.2 Å². The molecule has 0 aliphatic rings. The zero-order valence-electron chi connectivity index (χ0n) is 11.1. The summed E-state index contributed by atoms with van der Waals surface area (Å²) in [5.41, 5.74) is 8.00. The lowest BCUT2D eigenvalue weighted by Crippen LogP contribution is -2.15. The molecule has 1 aromatic carbocycles. The number of fused-ring (bicyclic) bond motifs is 1. The maximum atomic E-state index is 11.6. The fraction of sp³-hybridized carbons (Fsp3) is 0.286. The maximum Gasteiger partial charge on any atom is 0.325 e. The van der Waals surface area contributed by atoms with Crippen LogP contribution in [0.4, 0.5) is 0 Å². The molecule has 1 aromatic heterocycles. The van der Waals surface area contributed by atoms with Crippen molar-refractivity contribution in [2.24, 2.45) is 5.73 Å². The number of nitrogens with one attached hydrogen (secondary N) is 1. The quantitative estimate of drug-likeness (QED) is 0.499. The molecule has 5 nitrogen and oxygen atoms in total. The van der Waals surface area contributed by atoms with Gasteiger partial charge in [-0.15, -0.1) is 0 Å². The molecule has 0 saturated heterocycles. The Hall–Kier alpha value is -2.30. The Morgan fingerprint density at radius 2 is 2.16 bits per heavy atom. The van der Waals surface area contributed by atoms with Crippen molar-refractivity contribution in [1.82, 2.24) is 4.57 Å². The van der Waals surface area contributed by atoms with Crippen molar-refractivity contribution < 1.29 is 9.53 Å². The van der Waals surface area contributed by atoms with E-state index in [-0.39, 0.29) is 18.3 Å². The lowest BCUT2D eigenvalue weighted by molar-refractivity contribution is -0.143. The summed E-state index contributed by atoms with van der Waals surface area (Å²) < 4.78 is 6.84. The second-order valence-electron chi connectivity index (χ2n) is 4.36. The smallest absolute Gasteiger partial charge is 0.325 e. The molecule has 0 spiro atoms. The van der Waals surface area contributed by atoms with Crippen LogP contribution < -0.4 is 5.73 Å². The highest BCUT2D eigenvalue weighted by Crippen LogP contribution is 2.21. The van der Waals surface area contributed by atoms with Gasteiger partial charge in [-0.25, -0.2) is 0 Å². The van der Waals surface area contributed by atoms with Gasteiger partial charge in [0.2, 0.25) is 0 Å². The highest BCUT2D eigenvalue weighted by Gasteiger charge is 2.11. The number of benzene rings is 1. The zero-order chi connectivity index (χ0) is 14.0. The maximum absolute atomic E-state index is 11.6. The van der Waals surface area contributed by atoms with Crippen molar-refractivity contribution in [1.29, 1.82) is 5.41 Å². The number of ether oxygens (including phenoxy) is 1. The van der Waals surface area contributed by atoms with E-state index in [1.54, 1.807) is 13.0 Å². The largest absolute Gasteiger partial charge is 0.465 e. The second kappa shape index (κ2) is 5.14. The Morgan fingerprint density at radius 3 is 2.79 bits per heavy atom. The highest BCUT2D eigenvalue weighted by atomic mass is 16.5. The van der Waals surface area contributed by atoms with Crippen molar-refractivity contribution in [2.45, 2.75) is 20.4 Å². The molecule has 3 N–H and O–H groups in total. The molecule has 0 bridgehead atoms. The second-order valence-corrected chi connectivity index (χ2v) is 4.36. The lowest BCUT2D eigenvalue weighted by atomic mass is 10.1. The van der Waals surface area contributed by atoms with Gasteiger partial charge in [-0.05, 0) is 31.4 Å². The SMILES string of the molecule is CCOC(=O)Cn1c(C)cc2ccc(C(=N)N)cc21. The first kappa shape index (κ1) is 13.1. The van der Waals surface area contributed by atoms with Gasteiger partial charge in [0, 0.05) is 16.8 Å². The van der Waals surface area contributed by atoms with Gasteiger partial charge >= 0.3 is 5.97 Å². The molecule has 2 aromatic rings. The van der Waals surface area contributed by atoms with Crippen LogP contribution in [0.2, 0.25) is 0 Å². The van der Waals surface area contributed by atoms with Crippen molar-refractivity contribution in [3.63, 3.8) is 0 Å². The third-order valence-corrected chi connectivity index (χ3v) is 3.01. The number of carbonyl (C=O) groups excluding carboxylic acids is 1. The van der Waals surface area contributed by atoms with E-state index in [0.717, 1.165) is 16.6 Å². The van der Waals surface area contributed by atoms with E-state index in [9.17, 15) is 4.79 Å². The van der Waals surface area contributed by atoms with Crippen LogP contribution in [-0.4, -0.2) is 23.0 Å². The molecule has 0 aliphatic carbocycles. The molecule has 5 heteroatoms. The summed E-state index contributed by atoms with van der Waals surface area (Å²) in [7, 11) is 0. The monoisotopic (exact) mass is 259 g/mol. The molecule has 0 saturated carbocycles. The first-order valence-corrected chi connectivity index (χ1v) is 6.13. The molecule has 0 amide bonds. The van der Waals surface area contributed by atoms with Crippen LogP contribution in [0.25, 0.3) is 10.9 Å². The van der Waals surface area contributed by atoms with Crippen LogP contribution in [0.3, 0.4) is 0 Å². The summed E-state index contributed by atoms with van der Waals surface area (Å²) in [6.45, 7) is 4.26. The molecule has 100 valence electrons. The first-order chi connectivity index (χ1) is 9.02. The number of rotatable bonds is 4. The third kappa shape index (κ3) is 2.59. The number of aromatic nitrogens is 1. The van der Waals surface area contributed by atoms with E-state index in [1.165, 1.54) is 0 Å². The predicted octanol–water partition coefficient (Wildman–Crippen LogP) is 1.80. The van der Waals surface area contributed by atoms with Gasteiger partial charge in [0.1, 0.15) is 12.4 Å². The molecule has 19 heavy (non-hydrogen) atoms. The van der Waals surface area contributed by atoms with E-state index in [4.69, 9.17) is 15.9 Å². The van der Waals surface area contributed by atoms with Gasteiger partial charge in [0.25, 0.3) is 0 Å². The summed E-state index contributed by atoms with van der Waals surface area (Å²) in [5, 5.41) is 8.49. The van der Waals surface area contributed by atoms with Crippen LogP contribution in [0, 0.1) is 12.3 Å². The summed E-state index contributed by atoms with van der Waals surface area (Å²) in [5.74, 6) is -0.250. The van der Waals surface area contributed by atoms with E-state index < -0.39 is 0 Å². The van der Waals surface area contributed by atoms with E-state index in [2.05, 4.69) is 0 Å². The van der Waals surface area contributed by atoms with Crippen LogP contribution >= 0.6 is 0 Å². The van der Waals surface area contributed by atoms with Gasteiger partial charge in [-0.2, -0.15) is 0 Å². The Kier molecular flexibility index (Phi) is 3.55. The molecule has 0 radical (unpaired) electrons. The minimum atomic E-state index is -0.267. The number of amidine groups is 1. The Morgan fingerprint density at radius 1 is 1.42 bits per heavy atom. The average molecular weight is 259 g/mol. The fourth-order valence-corrected chi connectivity index (χ4v) is 2.11. The first-order valence-electron chi connectivity index (χ1n) is 6.13. The Balaban J connectivity index is 2.46. The van der Waals surface area contributed by atoms with Gasteiger partial charge < -0.3 is 15.0 Å². The minimum Gasteiger partial charge on any atom is -0.465 e. The molecular weight excluding hydrogens is 242 g/mol. The molecule has 0 unspecified atom stereocenters. The van der Waals surface area contributed by atoms with Crippen LogP contribution in [-0.2, 0) is 16.1 Å². The normalized spacial score (nSPS) is 10.6. The van der Waals surface area contributed by atoms with Crippen LogP contribution in [0.15, 0.2) is 24.3 Å². The Bertz CT molecular complexity index is 643. The zero-order valence-corrected chi connectivity index (χ0v) is 11.1. The number of nitrogens with zero attached hydrogens (tertiary/aromatic N) is 1. The molecule has 0 aliphatic heterocycles. The van der Waals surface area contributed by atoms with Gasteiger partial charge in [0.05, 0.1) is 6.61 Å². The molecule has 2 rings (SSSR count). The number of nitrogens with two attached hydrogens (primary N) is 1. The average Bonchev–Trinajstić information content (AvgIpc) is 2.65. The Labute approximate surface area is 111 Å². The summed E-state index contributed by atoms with van der Waals surface area (Å²) >= 11 is 0. The number of aryl methyl sites for hydroxylation is 1. The van der Waals surface area contributed by atoms with E-state index >= 15 is 0 Å². The topological polar surface area (TPSA) is 81.1 Å². The molecular formula is C14H17N3O2. The standard InChI is InChI=1S/C14H17N3O2/c1-3-19-13(18)8-17-9(2)6-10-4-5-11(14(15)16)7-12(10)17/h4-7H,3,8H2,1-2H3,(H3,15,16). The summed E-state index contributed by atoms with van der Waals surface area (Å²) in [6.07, 6.45) is 0. The van der Waals surface area contributed by atoms with Gasteiger partial charge in [-0.1, -0.05) is 12.1 Å². The molecule has 0 fully saturated rings. The number of carbonyl (C=O) groups is 1. The summed E-state index contributed by atoms with van der Waals surface area (Å²) in [4.78, 5) is 11.6. The van der Waals surface area contributed by atoms with Crippen molar-refractivity contribution in [3.05, 3.63) is 35.5 Å². The van der Waals surface area contributed by atoms with Gasteiger partial charge in [-0.3, -0.25) is 10.2 Å². The van der Waals surface area contributed by atoms with E-state index in [1.807, 2.05) is 29.7 Å². The van der Waals surface area contributed by atoms with Gasteiger partial charge in [0.15, 0.2) is 0 Å². The fourth-order valence-electron chi connectivity index (χ4n) is 2.11. The minimum absolute atomic E-state index is 0.0171. The number of esters is 1. The van der Waals surface area contributed by atoms with Crippen molar-refractivity contribution in [3.8, 4) is 0 Å². The summed E-state index contributed by atoms with van der Waals surface area (Å²) in [6, 6.07) is 7.53. The number of nitrogen functional groups attached to an aromatic ring is 1. The van der Waals surface area contributed by atoms with Crippen molar-refractivity contribution in [2.75, 3.05) is 6.61 Å². The number of hydrogen-bond donors (Lipinski definition) is 2. The van der Waals surface area contributed by atoms with Crippen molar-refractivity contribution >= 4 is 22.7 Å². The third-order valence-electron chi connectivity index (χ3n) is 3.01. The molecule has 0 atom stereocenters. The lowest BCUT2D eigenvalue weighted by Gasteiger charge is -2.08. The van der Waals surface area contributed by atoms with Crippen LogP contribution in [0.5, 0.6) is 0 Å².